The summed E-state index contributed by atoms with van der Waals surface area (Å²) < 4.78 is 5.26. The lowest BCUT2D eigenvalue weighted by Gasteiger charge is -2.18. The van der Waals surface area contributed by atoms with E-state index in [9.17, 15) is 4.79 Å². The van der Waals surface area contributed by atoms with Crippen LogP contribution in [0, 0.1) is 0 Å². The number of carbonyl (C=O) groups is 1. The van der Waals surface area contributed by atoms with Gasteiger partial charge in [-0.05, 0) is 14.0 Å². The molecule has 1 amide bonds. The molecule has 2 atom stereocenters. The number of likely N-dealkylation sites (N-methyl/N-ethyl adjacent to an activating group) is 1. The minimum absolute atomic E-state index is 0.231. The van der Waals surface area contributed by atoms with Crippen LogP contribution in [0.2, 0.25) is 0 Å². The van der Waals surface area contributed by atoms with E-state index in [1.807, 2.05) is 27.7 Å². The number of hydrogen-bond donors (Lipinski definition) is 1. The van der Waals surface area contributed by atoms with Crippen LogP contribution < -0.4 is 5.32 Å². The van der Waals surface area contributed by atoms with Crippen LogP contribution in [-0.4, -0.2) is 42.8 Å². The Morgan fingerprint density at radius 2 is 1.94 bits per heavy atom. The van der Waals surface area contributed by atoms with Crippen molar-refractivity contribution < 1.29 is 9.53 Å². The van der Waals surface area contributed by atoms with Crippen LogP contribution in [0.5, 0.6) is 0 Å². The maximum atomic E-state index is 10.9. The van der Waals surface area contributed by atoms with E-state index in [4.69, 9.17) is 4.74 Å². The van der Waals surface area contributed by atoms with E-state index >= 15 is 0 Å². The summed E-state index contributed by atoms with van der Waals surface area (Å²) in [5, 5.41) is 2.71. The maximum Gasteiger partial charge on any atom is 0.407 e. The van der Waals surface area contributed by atoms with Gasteiger partial charge in [-0.25, -0.2) is 4.79 Å². The molecule has 0 bridgehead atoms. The lowest BCUT2D eigenvalue weighted by molar-refractivity contribution is 0.0656. The van der Waals surface area contributed by atoms with Crippen molar-refractivity contribution in [2.45, 2.75) is 52.7 Å². The molecule has 4 nitrogen and oxygen atoms in total. The number of nitrogens with one attached hydrogen (secondary N) is 1. The molecule has 1 spiro atoms. The molecule has 2 fully saturated rings. The highest BCUT2D eigenvalue weighted by Crippen LogP contribution is 2.31. The van der Waals surface area contributed by atoms with Gasteiger partial charge in [0.05, 0.1) is 6.54 Å². The van der Waals surface area contributed by atoms with Crippen LogP contribution in [0.4, 0.5) is 4.79 Å². The molecule has 0 aromatic carbocycles. The quantitative estimate of drug-likeness (QED) is 0.694. The van der Waals surface area contributed by atoms with Gasteiger partial charge in [-0.2, -0.15) is 0 Å². The summed E-state index contributed by atoms with van der Waals surface area (Å²) in [6.45, 7) is 11.7. The van der Waals surface area contributed by atoms with Gasteiger partial charge in [0.25, 0.3) is 0 Å². The van der Waals surface area contributed by atoms with Crippen molar-refractivity contribution in [2.75, 3.05) is 20.1 Å². The standard InChI is InChI=1S/C8H14N2O2.2C2H6/c1-6-3-8(5-10(6)2)4-9-7(11)12-8;2*1-2/h6H,3-5H2,1-2H3,(H,9,11);2*1-2H3. The van der Waals surface area contributed by atoms with Gasteiger partial charge in [0.2, 0.25) is 0 Å². The fourth-order valence-corrected chi connectivity index (χ4v) is 2.07. The number of nitrogens with zero attached hydrogens (tertiary/aromatic N) is 1. The number of ether oxygens (including phenoxy) is 1. The Labute approximate surface area is 99.3 Å². The Morgan fingerprint density at radius 3 is 2.25 bits per heavy atom. The van der Waals surface area contributed by atoms with E-state index < -0.39 is 0 Å². The summed E-state index contributed by atoms with van der Waals surface area (Å²) in [7, 11) is 2.06. The summed E-state index contributed by atoms with van der Waals surface area (Å²) in [5.74, 6) is 0. The predicted octanol–water partition coefficient (Wildman–Crippen LogP) is 2.24. The van der Waals surface area contributed by atoms with Crippen LogP contribution in [-0.2, 0) is 4.74 Å². The monoisotopic (exact) mass is 230 g/mol. The lowest BCUT2D eigenvalue weighted by atomic mass is 10.0. The number of hydrogen-bond acceptors (Lipinski definition) is 3. The average molecular weight is 230 g/mol. The molecule has 1 N–H and O–H groups in total. The molecule has 2 saturated heterocycles. The smallest absolute Gasteiger partial charge is 0.407 e. The summed E-state index contributed by atoms with van der Waals surface area (Å²) >= 11 is 0. The molecule has 2 rings (SSSR count). The maximum absolute atomic E-state index is 10.9. The van der Waals surface area contributed by atoms with Gasteiger partial charge >= 0.3 is 6.09 Å². The SMILES string of the molecule is CC.CC.CC1CC2(CNC(=O)O2)CN1C. The number of likely N-dealkylation sites (tertiary alicyclic amines) is 1. The van der Waals surface area contributed by atoms with E-state index in [1.165, 1.54) is 0 Å². The Bertz CT molecular complexity index is 209. The highest BCUT2D eigenvalue weighted by atomic mass is 16.6. The summed E-state index contributed by atoms with van der Waals surface area (Å²) in [6, 6.07) is 0.512. The first kappa shape index (κ1) is 15.2. The molecule has 2 aliphatic rings. The van der Waals surface area contributed by atoms with Crippen molar-refractivity contribution in [3.8, 4) is 0 Å². The second-order valence-corrected chi connectivity index (χ2v) is 3.89. The fourth-order valence-electron chi connectivity index (χ4n) is 2.07. The molecule has 0 radical (unpaired) electrons. The fraction of sp³-hybridized carbons (Fsp3) is 0.917. The first-order valence-electron chi connectivity index (χ1n) is 6.28. The van der Waals surface area contributed by atoms with Gasteiger partial charge in [-0.15, -0.1) is 0 Å². The highest BCUT2D eigenvalue weighted by Gasteiger charge is 2.47. The van der Waals surface area contributed by atoms with E-state index in [1.54, 1.807) is 0 Å². The third kappa shape index (κ3) is 3.37. The van der Waals surface area contributed by atoms with Gasteiger partial charge < -0.3 is 10.1 Å². The molecule has 0 aromatic rings. The Hall–Kier alpha value is -0.770. The Balaban J connectivity index is 0.000000509. The van der Waals surface area contributed by atoms with Crippen molar-refractivity contribution in [1.82, 2.24) is 10.2 Å². The van der Waals surface area contributed by atoms with Gasteiger partial charge in [-0.3, -0.25) is 4.90 Å². The zero-order chi connectivity index (χ0) is 12.8. The van der Waals surface area contributed by atoms with Crippen molar-refractivity contribution in [1.29, 1.82) is 0 Å². The van der Waals surface area contributed by atoms with Gasteiger partial charge in [0.15, 0.2) is 0 Å². The molecule has 2 aliphatic heterocycles. The van der Waals surface area contributed by atoms with Crippen molar-refractivity contribution in [2.24, 2.45) is 0 Å². The minimum Gasteiger partial charge on any atom is -0.440 e. The average Bonchev–Trinajstić information content (AvgIpc) is 2.77. The van der Waals surface area contributed by atoms with E-state index in [0.29, 0.717) is 12.6 Å². The third-order valence-electron chi connectivity index (χ3n) is 2.82. The van der Waals surface area contributed by atoms with E-state index in [-0.39, 0.29) is 11.7 Å². The zero-order valence-electron chi connectivity index (χ0n) is 11.5. The largest absolute Gasteiger partial charge is 0.440 e. The first-order valence-corrected chi connectivity index (χ1v) is 6.28. The third-order valence-corrected chi connectivity index (χ3v) is 2.82. The zero-order valence-corrected chi connectivity index (χ0v) is 11.5. The second kappa shape index (κ2) is 6.74. The van der Waals surface area contributed by atoms with E-state index in [2.05, 4.69) is 24.2 Å². The van der Waals surface area contributed by atoms with Crippen molar-refractivity contribution >= 4 is 6.09 Å². The Morgan fingerprint density at radius 1 is 1.38 bits per heavy atom. The number of carbonyl (C=O) groups excluding carboxylic acids is 1. The Kier molecular flexibility index (Phi) is 6.41. The molecular weight excluding hydrogens is 204 g/mol. The number of alkyl carbamates (subject to hydrolysis) is 1. The lowest BCUT2D eigenvalue weighted by Crippen LogP contribution is -2.35. The summed E-state index contributed by atoms with van der Waals surface area (Å²) in [4.78, 5) is 13.1. The number of rotatable bonds is 0. The molecule has 4 heteroatoms. The van der Waals surface area contributed by atoms with Gasteiger partial charge in [0.1, 0.15) is 5.60 Å². The van der Waals surface area contributed by atoms with Crippen LogP contribution in [0.3, 0.4) is 0 Å². The predicted molar refractivity (Wildman–Crippen MR) is 66.6 cm³/mol. The van der Waals surface area contributed by atoms with Crippen molar-refractivity contribution in [3.05, 3.63) is 0 Å². The van der Waals surface area contributed by atoms with Crippen LogP contribution in [0.15, 0.2) is 0 Å². The van der Waals surface area contributed by atoms with Gasteiger partial charge in [0, 0.05) is 19.0 Å². The van der Waals surface area contributed by atoms with Crippen LogP contribution >= 0.6 is 0 Å². The number of amides is 1. The van der Waals surface area contributed by atoms with Crippen LogP contribution in [0.1, 0.15) is 41.0 Å². The first-order chi connectivity index (χ1) is 7.61. The highest BCUT2D eigenvalue weighted by molar-refractivity contribution is 5.70. The summed E-state index contributed by atoms with van der Waals surface area (Å²) in [5.41, 5.74) is -0.231. The molecule has 0 aromatic heterocycles. The van der Waals surface area contributed by atoms with Crippen LogP contribution in [0.25, 0.3) is 0 Å². The minimum atomic E-state index is -0.266. The molecule has 16 heavy (non-hydrogen) atoms. The molecule has 2 unspecified atom stereocenters. The molecule has 0 saturated carbocycles. The topological polar surface area (TPSA) is 41.6 Å². The van der Waals surface area contributed by atoms with Gasteiger partial charge in [-0.1, -0.05) is 27.7 Å². The van der Waals surface area contributed by atoms with Crippen molar-refractivity contribution in [3.63, 3.8) is 0 Å². The molecule has 2 heterocycles. The molecular formula is C12H26N2O2. The second-order valence-electron chi connectivity index (χ2n) is 3.89. The normalized spacial score (nSPS) is 32.1. The van der Waals surface area contributed by atoms with E-state index in [0.717, 1.165) is 13.0 Å². The molecule has 96 valence electrons. The molecule has 0 aliphatic carbocycles. The summed E-state index contributed by atoms with van der Waals surface area (Å²) in [6.07, 6.45) is 0.680.